The summed E-state index contributed by atoms with van der Waals surface area (Å²) in [5.41, 5.74) is 4.79. The van der Waals surface area contributed by atoms with E-state index in [2.05, 4.69) is 0 Å². The third kappa shape index (κ3) is 4.93. The number of benzene rings is 1. The molecular weight excluding hydrogens is 247 g/mol. The van der Waals surface area contributed by atoms with Crippen LogP contribution in [0.1, 0.15) is 18.4 Å². The minimum absolute atomic E-state index is 0.0831. The normalized spacial score (nSPS) is 13.4. The zero-order chi connectivity index (χ0) is 13.6. The summed E-state index contributed by atoms with van der Waals surface area (Å²) in [5, 5.41) is 8.69. The maximum absolute atomic E-state index is 12.3. The fourth-order valence-electron chi connectivity index (χ4n) is 1.37. The van der Waals surface area contributed by atoms with Crippen molar-refractivity contribution >= 4 is 0 Å². The Bertz CT molecular complexity index is 351. The Morgan fingerprint density at radius 2 is 1.83 bits per heavy atom. The first kappa shape index (κ1) is 14.8. The summed E-state index contributed by atoms with van der Waals surface area (Å²) in [6.07, 6.45) is -3.08. The van der Waals surface area contributed by atoms with E-state index >= 15 is 0 Å². The topological polar surface area (TPSA) is 55.5 Å². The van der Waals surface area contributed by atoms with Crippen LogP contribution in [0.2, 0.25) is 0 Å². The van der Waals surface area contributed by atoms with Crippen LogP contribution in [0.15, 0.2) is 24.3 Å². The lowest BCUT2D eigenvalue weighted by molar-refractivity contribution is -0.137. The van der Waals surface area contributed by atoms with E-state index in [-0.39, 0.29) is 12.6 Å². The van der Waals surface area contributed by atoms with Crippen molar-refractivity contribution in [3.63, 3.8) is 0 Å². The van der Waals surface area contributed by atoms with E-state index in [0.29, 0.717) is 25.2 Å². The molecule has 0 aromatic heterocycles. The number of hydrogen-bond acceptors (Lipinski definition) is 3. The molecule has 0 aliphatic carbocycles. The highest BCUT2D eigenvalue weighted by Crippen LogP contribution is 2.30. The van der Waals surface area contributed by atoms with Crippen LogP contribution in [-0.2, 0) is 6.18 Å². The SMILES string of the molecule is NC(CO)CCCOc1ccc(C(F)(F)F)cc1. The maximum Gasteiger partial charge on any atom is 0.416 e. The van der Waals surface area contributed by atoms with E-state index in [1.807, 2.05) is 0 Å². The lowest BCUT2D eigenvalue weighted by atomic mass is 10.2. The molecule has 0 radical (unpaired) electrons. The monoisotopic (exact) mass is 263 g/mol. The van der Waals surface area contributed by atoms with Gasteiger partial charge in [0.05, 0.1) is 18.8 Å². The highest BCUT2D eigenvalue weighted by molar-refractivity contribution is 5.28. The smallest absolute Gasteiger partial charge is 0.416 e. The zero-order valence-electron chi connectivity index (χ0n) is 9.78. The number of rotatable bonds is 6. The standard InChI is InChI=1S/C12H16F3NO2/c13-12(14,15)9-3-5-11(6-4-9)18-7-1-2-10(16)8-17/h3-6,10,17H,1-2,7-8,16H2. The van der Waals surface area contributed by atoms with Crippen LogP contribution < -0.4 is 10.5 Å². The van der Waals surface area contributed by atoms with E-state index in [4.69, 9.17) is 15.6 Å². The van der Waals surface area contributed by atoms with Crippen LogP contribution in [0, 0.1) is 0 Å². The predicted molar refractivity (Wildman–Crippen MR) is 61.2 cm³/mol. The first-order valence-electron chi connectivity index (χ1n) is 5.60. The quantitative estimate of drug-likeness (QED) is 0.773. The third-order valence-corrected chi connectivity index (χ3v) is 2.40. The highest BCUT2D eigenvalue weighted by Gasteiger charge is 2.29. The Labute approximate surface area is 103 Å². The minimum atomic E-state index is -4.33. The van der Waals surface area contributed by atoms with Gasteiger partial charge in [-0.2, -0.15) is 13.2 Å². The molecule has 0 aliphatic heterocycles. The summed E-state index contributed by atoms with van der Waals surface area (Å²) in [6, 6.07) is 4.26. The molecule has 1 unspecified atom stereocenters. The van der Waals surface area contributed by atoms with Crippen LogP contribution in [0.3, 0.4) is 0 Å². The molecule has 3 nitrogen and oxygen atoms in total. The number of aliphatic hydroxyl groups excluding tert-OH is 1. The van der Waals surface area contributed by atoms with Crippen LogP contribution in [0.5, 0.6) is 5.75 Å². The number of hydrogen-bond donors (Lipinski definition) is 2. The Kier molecular flexibility index (Phi) is 5.43. The van der Waals surface area contributed by atoms with Crippen molar-refractivity contribution in [3.05, 3.63) is 29.8 Å². The molecule has 1 rings (SSSR count). The van der Waals surface area contributed by atoms with Crippen molar-refractivity contribution in [2.24, 2.45) is 5.73 Å². The van der Waals surface area contributed by atoms with Crippen molar-refractivity contribution in [1.29, 1.82) is 0 Å². The van der Waals surface area contributed by atoms with Gasteiger partial charge in [-0.15, -0.1) is 0 Å². The summed E-state index contributed by atoms with van der Waals surface area (Å²) in [7, 11) is 0. The fraction of sp³-hybridized carbons (Fsp3) is 0.500. The van der Waals surface area contributed by atoms with Gasteiger partial charge in [-0.1, -0.05) is 0 Å². The minimum Gasteiger partial charge on any atom is -0.494 e. The summed E-state index contributed by atoms with van der Waals surface area (Å²) in [5.74, 6) is 0.389. The summed E-state index contributed by atoms with van der Waals surface area (Å²) >= 11 is 0. The van der Waals surface area contributed by atoms with Gasteiger partial charge in [0.2, 0.25) is 0 Å². The number of halogens is 3. The second-order valence-corrected chi connectivity index (χ2v) is 3.96. The number of ether oxygens (including phenoxy) is 1. The lowest BCUT2D eigenvalue weighted by Gasteiger charge is -2.10. The number of nitrogens with two attached hydrogens (primary N) is 1. The number of aliphatic hydroxyl groups is 1. The van der Waals surface area contributed by atoms with Gasteiger partial charge >= 0.3 is 6.18 Å². The van der Waals surface area contributed by atoms with Gasteiger partial charge in [-0.25, -0.2) is 0 Å². The molecule has 1 atom stereocenters. The third-order valence-electron chi connectivity index (χ3n) is 2.40. The Morgan fingerprint density at radius 1 is 1.22 bits per heavy atom. The van der Waals surface area contributed by atoms with Crippen LogP contribution in [0.4, 0.5) is 13.2 Å². The molecular formula is C12H16F3NO2. The maximum atomic E-state index is 12.3. The molecule has 0 bridgehead atoms. The summed E-state index contributed by atoms with van der Waals surface area (Å²) in [4.78, 5) is 0. The predicted octanol–water partition coefficient (Wildman–Crippen LogP) is 2.18. The molecule has 0 saturated heterocycles. The van der Waals surface area contributed by atoms with Crippen molar-refractivity contribution in [2.45, 2.75) is 25.1 Å². The van der Waals surface area contributed by atoms with E-state index in [1.54, 1.807) is 0 Å². The van der Waals surface area contributed by atoms with Gasteiger partial charge < -0.3 is 15.6 Å². The first-order valence-corrected chi connectivity index (χ1v) is 5.60. The lowest BCUT2D eigenvalue weighted by Crippen LogP contribution is -2.24. The highest BCUT2D eigenvalue weighted by atomic mass is 19.4. The van der Waals surface area contributed by atoms with E-state index in [9.17, 15) is 13.2 Å². The average Bonchev–Trinajstić information content (AvgIpc) is 2.33. The molecule has 0 heterocycles. The van der Waals surface area contributed by atoms with E-state index in [1.165, 1.54) is 12.1 Å². The molecule has 18 heavy (non-hydrogen) atoms. The van der Waals surface area contributed by atoms with Crippen LogP contribution in [-0.4, -0.2) is 24.4 Å². The van der Waals surface area contributed by atoms with Gasteiger partial charge in [0.25, 0.3) is 0 Å². The molecule has 1 aromatic rings. The van der Waals surface area contributed by atoms with Crippen LogP contribution >= 0.6 is 0 Å². The molecule has 0 saturated carbocycles. The Balaban J connectivity index is 2.36. The molecule has 102 valence electrons. The average molecular weight is 263 g/mol. The van der Waals surface area contributed by atoms with Crippen LogP contribution in [0.25, 0.3) is 0 Å². The van der Waals surface area contributed by atoms with Gasteiger partial charge in [-0.3, -0.25) is 0 Å². The molecule has 3 N–H and O–H groups in total. The fourth-order valence-corrected chi connectivity index (χ4v) is 1.37. The Morgan fingerprint density at radius 3 is 2.33 bits per heavy atom. The summed E-state index contributed by atoms with van der Waals surface area (Å²) < 4.78 is 42.1. The largest absolute Gasteiger partial charge is 0.494 e. The van der Waals surface area contributed by atoms with Crippen molar-refractivity contribution in [3.8, 4) is 5.75 Å². The molecule has 0 fully saturated rings. The second-order valence-electron chi connectivity index (χ2n) is 3.96. The molecule has 0 aliphatic rings. The molecule has 1 aromatic carbocycles. The van der Waals surface area contributed by atoms with Gasteiger partial charge in [0.15, 0.2) is 0 Å². The molecule has 6 heteroatoms. The zero-order valence-corrected chi connectivity index (χ0v) is 9.78. The van der Waals surface area contributed by atoms with Gasteiger partial charge in [-0.05, 0) is 37.1 Å². The molecule has 0 amide bonds. The Hall–Kier alpha value is -1.27. The molecule has 0 spiro atoms. The summed E-state index contributed by atoms with van der Waals surface area (Å²) in [6.45, 7) is 0.277. The van der Waals surface area contributed by atoms with Crippen molar-refractivity contribution in [1.82, 2.24) is 0 Å². The van der Waals surface area contributed by atoms with Gasteiger partial charge in [0, 0.05) is 6.04 Å². The first-order chi connectivity index (χ1) is 8.43. The second kappa shape index (κ2) is 6.61. The number of alkyl halides is 3. The van der Waals surface area contributed by atoms with E-state index in [0.717, 1.165) is 12.1 Å². The van der Waals surface area contributed by atoms with Crippen molar-refractivity contribution < 1.29 is 23.0 Å². The van der Waals surface area contributed by atoms with Gasteiger partial charge in [0.1, 0.15) is 5.75 Å². The van der Waals surface area contributed by atoms with Crippen molar-refractivity contribution in [2.75, 3.05) is 13.2 Å². The van der Waals surface area contributed by atoms with E-state index < -0.39 is 11.7 Å².